The fourth-order valence-corrected chi connectivity index (χ4v) is 1.65. The third-order valence-corrected chi connectivity index (χ3v) is 2.54. The van der Waals surface area contributed by atoms with Crippen molar-refractivity contribution in [1.29, 1.82) is 0 Å². The second-order valence-electron chi connectivity index (χ2n) is 4.23. The van der Waals surface area contributed by atoms with E-state index in [1.54, 1.807) is 36.4 Å². The topological polar surface area (TPSA) is 76.7 Å². The van der Waals surface area contributed by atoms with Gasteiger partial charge in [0.25, 0.3) is 0 Å². The highest BCUT2D eigenvalue weighted by molar-refractivity contribution is 5.81. The van der Waals surface area contributed by atoms with Crippen molar-refractivity contribution in [3.63, 3.8) is 0 Å². The lowest BCUT2D eigenvalue weighted by Gasteiger charge is -2.07. The van der Waals surface area contributed by atoms with Gasteiger partial charge in [-0.2, -0.15) is 5.10 Å². The van der Waals surface area contributed by atoms with E-state index in [4.69, 9.17) is 10.5 Å². The van der Waals surface area contributed by atoms with Crippen molar-refractivity contribution in [3.05, 3.63) is 65.5 Å². The molecule has 0 aromatic heterocycles. The number of carbonyl (C=O) groups excluding carboxylic acids is 1. The Morgan fingerprint density at radius 3 is 2.86 bits per heavy atom. The van der Waals surface area contributed by atoms with Crippen LogP contribution in [-0.2, 0) is 6.61 Å². The Kier molecular flexibility index (Phi) is 4.87. The molecule has 2 aromatic rings. The molecule has 108 valence electrons. The van der Waals surface area contributed by atoms with E-state index in [-0.39, 0.29) is 12.4 Å². The van der Waals surface area contributed by atoms with Crippen LogP contribution in [-0.4, -0.2) is 12.2 Å². The third-order valence-electron chi connectivity index (χ3n) is 2.54. The summed E-state index contributed by atoms with van der Waals surface area (Å²) in [6, 6.07) is 12.6. The van der Waals surface area contributed by atoms with Gasteiger partial charge in [-0.1, -0.05) is 24.3 Å². The number of nitrogens with two attached hydrogens (primary N) is 1. The van der Waals surface area contributed by atoms with Crippen molar-refractivity contribution < 1.29 is 13.9 Å². The second kappa shape index (κ2) is 7.04. The summed E-state index contributed by atoms with van der Waals surface area (Å²) >= 11 is 0. The first-order valence-electron chi connectivity index (χ1n) is 6.19. The molecule has 0 bridgehead atoms. The summed E-state index contributed by atoms with van der Waals surface area (Å²) in [5.74, 6) is 0.316. The Bertz CT molecular complexity index is 659. The van der Waals surface area contributed by atoms with Crippen LogP contribution in [0.5, 0.6) is 5.75 Å². The van der Waals surface area contributed by atoms with Gasteiger partial charge in [0.15, 0.2) is 0 Å². The predicted octanol–water partition coefficient (Wildman–Crippen LogP) is 2.41. The standard InChI is InChI=1S/C15H14FN3O2/c16-13-5-1-4-12(7-13)10-21-14-6-2-3-11(8-14)9-18-19-15(17)20/h1-9H,10H2,(H3,17,19,20). The summed E-state index contributed by atoms with van der Waals surface area (Å²) in [6.07, 6.45) is 1.44. The number of hydrogen-bond acceptors (Lipinski definition) is 3. The maximum absolute atomic E-state index is 13.0. The summed E-state index contributed by atoms with van der Waals surface area (Å²) in [5, 5.41) is 3.66. The van der Waals surface area contributed by atoms with Gasteiger partial charge >= 0.3 is 6.03 Å². The molecular weight excluding hydrogens is 273 g/mol. The van der Waals surface area contributed by atoms with Crippen LogP contribution < -0.4 is 15.9 Å². The highest BCUT2D eigenvalue weighted by Gasteiger charge is 1.99. The molecule has 0 fully saturated rings. The van der Waals surface area contributed by atoms with Crippen molar-refractivity contribution >= 4 is 12.2 Å². The van der Waals surface area contributed by atoms with Crippen LogP contribution in [0, 0.1) is 5.82 Å². The minimum Gasteiger partial charge on any atom is -0.489 e. The minimum absolute atomic E-state index is 0.262. The lowest BCUT2D eigenvalue weighted by molar-refractivity contribution is 0.249. The first-order chi connectivity index (χ1) is 10.1. The molecule has 0 spiro atoms. The molecule has 6 heteroatoms. The Labute approximate surface area is 121 Å². The Balaban J connectivity index is 1.97. The van der Waals surface area contributed by atoms with E-state index < -0.39 is 6.03 Å². The number of nitrogens with zero attached hydrogens (tertiary/aromatic N) is 1. The molecule has 0 heterocycles. The number of urea groups is 1. The van der Waals surface area contributed by atoms with Crippen molar-refractivity contribution in [1.82, 2.24) is 5.43 Å². The van der Waals surface area contributed by atoms with E-state index in [9.17, 15) is 9.18 Å². The van der Waals surface area contributed by atoms with Crippen LogP contribution >= 0.6 is 0 Å². The van der Waals surface area contributed by atoms with Crippen LogP contribution in [0.4, 0.5) is 9.18 Å². The molecular formula is C15H14FN3O2. The molecule has 0 radical (unpaired) electrons. The first kappa shape index (κ1) is 14.5. The molecule has 0 aliphatic carbocycles. The fraction of sp³-hybridized carbons (Fsp3) is 0.0667. The molecule has 0 saturated heterocycles. The molecule has 0 saturated carbocycles. The predicted molar refractivity (Wildman–Crippen MR) is 77.5 cm³/mol. The Morgan fingerprint density at radius 1 is 1.29 bits per heavy atom. The lowest BCUT2D eigenvalue weighted by atomic mass is 10.2. The van der Waals surface area contributed by atoms with Gasteiger partial charge in [0.05, 0.1) is 6.21 Å². The van der Waals surface area contributed by atoms with Crippen LogP contribution in [0.3, 0.4) is 0 Å². The Hall–Kier alpha value is -2.89. The van der Waals surface area contributed by atoms with Crippen molar-refractivity contribution in [2.45, 2.75) is 6.61 Å². The summed E-state index contributed by atoms with van der Waals surface area (Å²) in [4.78, 5) is 10.5. The van der Waals surface area contributed by atoms with Crippen molar-refractivity contribution in [2.24, 2.45) is 10.8 Å². The van der Waals surface area contributed by atoms with E-state index in [1.807, 2.05) is 0 Å². The molecule has 21 heavy (non-hydrogen) atoms. The van der Waals surface area contributed by atoms with Gasteiger partial charge in [0.2, 0.25) is 0 Å². The van der Waals surface area contributed by atoms with E-state index in [0.717, 1.165) is 11.1 Å². The number of benzene rings is 2. The number of carbonyl (C=O) groups is 1. The number of ether oxygens (including phenoxy) is 1. The summed E-state index contributed by atoms with van der Waals surface area (Å²) < 4.78 is 18.6. The quantitative estimate of drug-likeness (QED) is 0.654. The Morgan fingerprint density at radius 2 is 2.10 bits per heavy atom. The van der Waals surface area contributed by atoms with Crippen LogP contribution in [0.25, 0.3) is 0 Å². The van der Waals surface area contributed by atoms with Crippen molar-refractivity contribution in [3.8, 4) is 5.75 Å². The van der Waals surface area contributed by atoms with Gasteiger partial charge < -0.3 is 10.5 Å². The molecule has 2 aromatic carbocycles. The average molecular weight is 287 g/mol. The molecule has 0 aliphatic rings. The monoisotopic (exact) mass is 287 g/mol. The highest BCUT2D eigenvalue weighted by Crippen LogP contribution is 2.14. The largest absolute Gasteiger partial charge is 0.489 e. The van der Waals surface area contributed by atoms with Gasteiger partial charge in [0.1, 0.15) is 18.2 Å². The average Bonchev–Trinajstić information content (AvgIpc) is 2.45. The molecule has 5 nitrogen and oxygen atoms in total. The molecule has 2 rings (SSSR count). The van der Waals surface area contributed by atoms with E-state index in [1.165, 1.54) is 18.3 Å². The van der Waals surface area contributed by atoms with E-state index in [0.29, 0.717) is 5.75 Å². The van der Waals surface area contributed by atoms with Gasteiger partial charge in [-0.05, 0) is 35.4 Å². The molecule has 0 aliphatic heterocycles. The minimum atomic E-state index is -0.732. The molecule has 0 atom stereocenters. The SMILES string of the molecule is NC(=O)NN=Cc1cccc(OCc2cccc(F)c2)c1. The van der Waals surface area contributed by atoms with Gasteiger partial charge in [-0.25, -0.2) is 14.6 Å². The molecule has 2 amide bonds. The summed E-state index contributed by atoms with van der Waals surface area (Å²) in [6.45, 7) is 0.262. The zero-order valence-electron chi connectivity index (χ0n) is 11.1. The summed E-state index contributed by atoms with van der Waals surface area (Å²) in [5.41, 5.74) is 8.47. The van der Waals surface area contributed by atoms with E-state index in [2.05, 4.69) is 10.5 Å². The number of hydrazone groups is 1. The highest BCUT2D eigenvalue weighted by atomic mass is 19.1. The number of amides is 2. The number of halogens is 1. The second-order valence-corrected chi connectivity index (χ2v) is 4.23. The normalized spacial score (nSPS) is 10.5. The number of primary amides is 1. The lowest BCUT2D eigenvalue weighted by Crippen LogP contribution is -2.24. The maximum atomic E-state index is 13.0. The molecule has 0 unspecified atom stereocenters. The number of rotatable bonds is 5. The first-order valence-corrected chi connectivity index (χ1v) is 6.19. The zero-order valence-corrected chi connectivity index (χ0v) is 11.1. The van der Waals surface area contributed by atoms with Gasteiger partial charge in [-0.15, -0.1) is 0 Å². The van der Waals surface area contributed by atoms with Crippen LogP contribution in [0.2, 0.25) is 0 Å². The number of hydrogen-bond donors (Lipinski definition) is 2. The summed E-state index contributed by atoms with van der Waals surface area (Å²) in [7, 11) is 0. The van der Waals surface area contributed by atoms with E-state index >= 15 is 0 Å². The maximum Gasteiger partial charge on any atom is 0.332 e. The third kappa shape index (κ3) is 4.94. The smallest absolute Gasteiger partial charge is 0.332 e. The fourth-order valence-electron chi connectivity index (χ4n) is 1.65. The molecule has 3 N–H and O–H groups in total. The number of nitrogens with one attached hydrogen (secondary N) is 1. The zero-order chi connectivity index (χ0) is 15.1. The van der Waals surface area contributed by atoms with Gasteiger partial charge in [-0.3, -0.25) is 0 Å². The van der Waals surface area contributed by atoms with Crippen LogP contribution in [0.15, 0.2) is 53.6 Å². The van der Waals surface area contributed by atoms with Gasteiger partial charge in [0, 0.05) is 0 Å². The van der Waals surface area contributed by atoms with Crippen molar-refractivity contribution in [2.75, 3.05) is 0 Å². The van der Waals surface area contributed by atoms with Crippen LogP contribution in [0.1, 0.15) is 11.1 Å².